The SMILES string of the molecule is Br.CCCBr.N. The van der Waals surface area contributed by atoms with Crippen LogP contribution in [0.2, 0.25) is 0 Å². The van der Waals surface area contributed by atoms with Gasteiger partial charge in [-0.25, -0.2) is 0 Å². The summed E-state index contributed by atoms with van der Waals surface area (Å²) in [6, 6.07) is 0. The third kappa shape index (κ3) is 20.5. The lowest BCUT2D eigenvalue weighted by Crippen LogP contribution is -1.54. The van der Waals surface area contributed by atoms with Gasteiger partial charge >= 0.3 is 0 Å². The molecule has 0 radical (unpaired) electrons. The first-order chi connectivity index (χ1) is 1.91. The monoisotopic (exact) mass is 219 g/mol. The van der Waals surface area contributed by atoms with Crippen molar-refractivity contribution in [2.45, 2.75) is 13.3 Å². The molecule has 0 aromatic rings. The average Bonchev–Trinajstić information content (AvgIpc) is 1.37. The van der Waals surface area contributed by atoms with Gasteiger partial charge < -0.3 is 6.15 Å². The van der Waals surface area contributed by atoms with Crippen molar-refractivity contribution in [3.05, 3.63) is 0 Å². The van der Waals surface area contributed by atoms with Gasteiger partial charge in [0.05, 0.1) is 0 Å². The van der Waals surface area contributed by atoms with E-state index in [0.717, 1.165) is 5.33 Å². The van der Waals surface area contributed by atoms with Crippen LogP contribution in [0.4, 0.5) is 0 Å². The smallest absolute Gasteiger partial charge is 0.00286 e. The van der Waals surface area contributed by atoms with Gasteiger partial charge in [0.2, 0.25) is 0 Å². The molecule has 42 valence electrons. The molecule has 6 heavy (non-hydrogen) atoms. The molecule has 0 aromatic heterocycles. The zero-order valence-electron chi connectivity index (χ0n) is 3.91. The molecular formula is C3H11Br2N. The Balaban J connectivity index is -0.0000000450. The lowest BCUT2D eigenvalue weighted by atomic mass is 10.6. The highest BCUT2D eigenvalue weighted by atomic mass is 79.9. The van der Waals surface area contributed by atoms with Crippen molar-refractivity contribution >= 4 is 32.9 Å². The van der Waals surface area contributed by atoms with Crippen molar-refractivity contribution in [3.8, 4) is 0 Å². The molecule has 0 amide bonds. The van der Waals surface area contributed by atoms with Gasteiger partial charge in [0.1, 0.15) is 0 Å². The lowest BCUT2D eigenvalue weighted by Gasteiger charge is -1.66. The maximum atomic E-state index is 3.25. The molecule has 3 heteroatoms. The van der Waals surface area contributed by atoms with E-state index in [1.165, 1.54) is 6.42 Å². The van der Waals surface area contributed by atoms with Crippen LogP contribution in [0.5, 0.6) is 0 Å². The number of rotatable bonds is 1. The predicted molar refractivity (Wildman–Crippen MR) is 39.4 cm³/mol. The van der Waals surface area contributed by atoms with Crippen LogP contribution in [0, 0.1) is 0 Å². The fourth-order valence-electron chi connectivity index (χ4n) is 0. The van der Waals surface area contributed by atoms with Crippen LogP contribution >= 0.6 is 32.9 Å². The summed E-state index contributed by atoms with van der Waals surface area (Å²) >= 11 is 3.25. The summed E-state index contributed by atoms with van der Waals surface area (Å²) in [4.78, 5) is 0. The molecule has 3 N–H and O–H groups in total. The van der Waals surface area contributed by atoms with Crippen molar-refractivity contribution < 1.29 is 0 Å². The van der Waals surface area contributed by atoms with Crippen molar-refractivity contribution in [2.75, 3.05) is 5.33 Å². The average molecular weight is 221 g/mol. The number of hydrogen-bond acceptors (Lipinski definition) is 1. The zero-order chi connectivity index (χ0) is 3.41. The second-order valence-corrected chi connectivity index (χ2v) is 1.48. The van der Waals surface area contributed by atoms with Crippen LogP contribution in [0.15, 0.2) is 0 Å². The maximum Gasteiger partial charge on any atom is 0.00286 e. The molecule has 0 unspecified atom stereocenters. The molecule has 0 spiro atoms. The Kier molecular flexibility index (Phi) is 44.2. The van der Waals surface area contributed by atoms with Crippen LogP contribution < -0.4 is 6.15 Å². The van der Waals surface area contributed by atoms with Crippen molar-refractivity contribution in [1.29, 1.82) is 0 Å². The van der Waals surface area contributed by atoms with Gasteiger partial charge in [-0.2, -0.15) is 0 Å². The number of hydrogen-bond donors (Lipinski definition) is 1. The fourth-order valence-corrected chi connectivity index (χ4v) is 0. The topological polar surface area (TPSA) is 35.0 Å². The van der Waals surface area contributed by atoms with Gasteiger partial charge in [0, 0.05) is 5.33 Å². The molecule has 0 atom stereocenters. The molecule has 0 heterocycles. The Hall–Kier alpha value is 0.920. The van der Waals surface area contributed by atoms with Crippen LogP contribution in [0.25, 0.3) is 0 Å². The van der Waals surface area contributed by atoms with Gasteiger partial charge in [0.25, 0.3) is 0 Å². The highest BCUT2D eigenvalue weighted by Gasteiger charge is 1.58. The van der Waals surface area contributed by atoms with Gasteiger partial charge in [-0.05, 0) is 6.42 Å². The summed E-state index contributed by atoms with van der Waals surface area (Å²) in [6.07, 6.45) is 1.24. The minimum Gasteiger partial charge on any atom is -0.344 e. The van der Waals surface area contributed by atoms with Crippen molar-refractivity contribution in [2.24, 2.45) is 0 Å². The van der Waals surface area contributed by atoms with Crippen LogP contribution in [0.1, 0.15) is 13.3 Å². The van der Waals surface area contributed by atoms with Gasteiger partial charge in [-0.15, -0.1) is 17.0 Å². The highest BCUT2D eigenvalue weighted by molar-refractivity contribution is 9.09. The first kappa shape index (κ1) is 15.8. The summed E-state index contributed by atoms with van der Waals surface area (Å²) in [6.45, 7) is 2.13. The van der Waals surface area contributed by atoms with E-state index in [9.17, 15) is 0 Å². The van der Waals surface area contributed by atoms with Crippen LogP contribution in [-0.2, 0) is 0 Å². The van der Waals surface area contributed by atoms with E-state index >= 15 is 0 Å². The van der Waals surface area contributed by atoms with Crippen LogP contribution in [-0.4, -0.2) is 5.33 Å². The number of halogens is 2. The Morgan fingerprint density at radius 3 is 1.67 bits per heavy atom. The van der Waals surface area contributed by atoms with Crippen molar-refractivity contribution in [1.82, 2.24) is 6.15 Å². The summed E-state index contributed by atoms with van der Waals surface area (Å²) in [7, 11) is 0. The van der Waals surface area contributed by atoms with E-state index in [0.29, 0.717) is 0 Å². The molecule has 0 aromatic carbocycles. The van der Waals surface area contributed by atoms with Gasteiger partial charge in [-0.3, -0.25) is 0 Å². The van der Waals surface area contributed by atoms with E-state index in [4.69, 9.17) is 0 Å². The van der Waals surface area contributed by atoms with Crippen LogP contribution in [0.3, 0.4) is 0 Å². The molecule has 0 saturated carbocycles. The largest absolute Gasteiger partial charge is 0.344 e. The second kappa shape index (κ2) is 16.8. The summed E-state index contributed by atoms with van der Waals surface area (Å²) < 4.78 is 0. The molecule has 0 saturated heterocycles. The molecule has 0 fully saturated rings. The molecule has 0 aliphatic carbocycles. The molecular weight excluding hydrogens is 210 g/mol. The first-order valence-electron chi connectivity index (χ1n) is 1.47. The van der Waals surface area contributed by atoms with Gasteiger partial charge in [-0.1, -0.05) is 22.9 Å². The minimum atomic E-state index is 0. The second-order valence-electron chi connectivity index (χ2n) is 0.689. The van der Waals surface area contributed by atoms with E-state index in [1.54, 1.807) is 0 Å². The quantitative estimate of drug-likeness (QED) is 0.678. The Bertz CT molecular complexity index is 10.8. The zero-order valence-corrected chi connectivity index (χ0v) is 7.21. The molecule has 0 bridgehead atoms. The first-order valence-corrected chi connectivity index (χ1v) is 2.60. The highest BCUT2D eigenvalue weighted by Crippen LogP contribution is 1.80. The molecule has 0 aliphatic rings. The lowest BCUT2D eigenvalue weighted by molar-refractivity contribution is 1.12. The predicted octanol–water partition coefficient (Wildman–Crippen LogP) is 2.53. The van der Waals surface area contributed by atoms with E-state index in [1.807, 2.05) is 0 Å². The normalized spacial score (nSPS) is 5.00. The summed E-state index contributed by atoms with van der Waals surface area (Å²) in [5.41, 5.74) is 0. The van der Waals surface area contributed by atoms with Crippen molar-refractivity contribution in [3.63, 3.8) is 0 Å². The maximum absolute atomic E-state index is 3.25. The number of alkyl halides is 1. The molecule has 0 rings (SSSR count). The fraction of sp³-hybridized carbons (Fsp3) is 1.00. The summed E-state index contributed by atoms with van der Waals surface area (Å²) in [5, 5.41) is 1.13. The van der Waals surface area contributed by atoms with E-state index in [2.05, 4.69) is 22.9 Å². The Morgan fingerprint density at radius 2 is 1.67 bits per heavy atom. The standard InChI is InChI=1S/C3H7Br.BrH.H3N/c1-2-3-4;;/h2-3H2,1H3;1H;1H3. The summed E-state index contributed by atoms with van der Waals surface area (Å²) in [5.74, 6) is 0. The van der Waals surface area contributed by atoms with E-state index < -0.39 is 0 Å². The Labute approximate surface area is 58.0 Å². The van der Waals surface area contributed by atoms with Gasteiger partial charge in [0.15, 0.2) is 0 Å². The van der Waals surface area contributed by atoms with E-state index in [-0.39, 0.29) is 23.1 Å². The minimum absolute atomic E-state index is 0. The molecule has 1 nitrogen and oxygen atoms in total. The third-order valence-corrected chi connectivity index (χ3v) is 0.982. The Morgan fingerprint density at radius 1 is 1.50 bits per heavy atom. The molecule has 0 aliphatic heterocycles. The third-order valence-electron chi connectivity index (χ3n) is 0.189.